The van der Waals surface area contributed by atoms with Crippen LogP contribution in [-0.4, -0.2) is 13.0 Å². The average Bonchev–Trinajstić information content (AvgIpc) is 2.54. The molecule has 2 aromatic rings. The number of benzene rings is 2. The fourth-order valence-corrected chi connectivity index (χ4v) is 4.27. The van der Waals surface area contributed by atoms with Crippen molar-refractivity contribution in [3.05, 3.63) is 41.5 Å². The van der Waals surface area contributed by atoms with Gasteiger partial charge in [-0.1, -0.05) is 69.9 Å². The molecule has 0 aliphatic carbocycles. The first kappa shape index (κ1) is 22.7. The Bertz CT molecular complexity index is 785. The quantitative estimate of drug-likeness (QED) is 0.386. The number of rotatable bonds is 9. The van der Waals surface area contributed by atoms with Gasteiger partial charge in [0, 0.05) is 5.39 Å². The fourth-order valence-electron chi connectivity index (χ4n) is 3.28. The standard InChI is InChI=1S/C20H28O3S.Na/c1-3-5-7-10-16-12-9-13-17-14-15-18(11-8-6-4-2)20(19(16)17)24(21,22)23;/h9,12-15H,3-8,10-11H2,1-2H3,(H,21,22,23);/q;+1/p-1. The van der Waals surface area contributed by atoms with E-state index in [1.807, 2.05) is 30.3 Å². The molecule has 0 saturated carbocycles. The molecule has 0 bridgehead atoms. The third kappa shape index (κ3) is 6.07. The van der Waals surface area contributed by atoms with Crippen LogP contribution in [0.15, 0.2) is 35.2 Å². The van der Waals surface area contributed by atoms with Crippen molar-refractivity contribution in [2.75, 3.05) is 0 Å². The van der Waals surface area contributed by atoms with Gasteiger partial charge in [-0.05, 0) is 42.2 Å². The summed E-state index contributed by atoms with van der Waals surface area (Å²) in [5.74, 6) is 0. The Morgan fingerprint density at radius 3 is 2.00 bits per heavy atom. The van der Waals surface area contributed by atoms with E-state index in [2.05, 4.69) is 13.8 Å². The molecule has 0 aromatic heterocycles. The summed E-state index contributed by atoms with van der Waals surface area (Å²) in [6.07, 6.45) is 7.68. The van der Waals surface area contributed by atoms with Gasteiger partial charge in [0.15, 0.2) is 0 Å². The smallest absolute Gasteiger partial charge is 0.744 e. The maximum absolute atomic E-state index is 12.0. The van der Waals surface area contributed by atoms with Gasteiger partial charge >= 0.3 is 29.6 Å². The van der Waals surface area contributed by atoms with Gasteiger partial charge in [0.25, 0.3) is 0 Å². The van der Waals surface area contributed by atoms with Crippen molar-refractivity contribution in [2.24, 2.45) is 0 Å². The van der Waals surface area contributed by atoms with Gasteiger partial charge in [0.05, 0.1) is 4.90 Å². The maximum Gasteiger partial charge on any atom is 1.00 e. The summed E-state index contributed by atoms with van der Waals surface area (Å²) < 4.78 is 36.1. The Morgan fingerprint density at radius 1 is 0.840 bits per heavy atom. The van der Waals surface area contributed by atoms with Gasteiger partial charge in [-0.2, -0.15) is 0 Å². The molecule has 0 aliphatic heterocycles. The summed E-state index contributed by atoms with van der Waals surface area (Å²) in [5, 5.41) is 1.50. The van der Waals surface area contributed by atoms with E-state index in [-0.39, 0.29) is 34.5 Å². The molecule has 5 heteroatoms. The molecule has 0 heterocycles. The van der Waals surface area contributed by atoms with Crippen LogP contribution >= 0.6 is 0 Å². The second kappa shape index (κ2) is 10.7. The van der Waals surface area contributed by atoms with E-state index in [1.54, 1.807) is 0 Å². The van der Waals surface area contributed by atoms with E-state index >= 15 is 0 Å². The van der Waals surface area contributed by atoms with Crippen molar-refractivity contribution in [3.8, 4) is 0 Å². The summed E-state index contributed by atoms with van der Waals surface area (Å²) in [7, 11) is -4.50. The minimum absolute atomic E-state index is 0. The van der Waals surface area contributed by atoms with Crippen LogP contribution in [0.4, 0.5) is 0 Å². The zero-order chi connectivity index (χ0) is 17.6. The van der Waals surface area contributed by atoms with Crippen molar-refractivity contribution in [2.45, 2.75) is 70.1 Å². The van der Waals surface area contributed by atoms with Crippen LogP contribution in [0.25, 0.3) is 10.8 Å². The van der Waals surface area contributed by atoms with Crippen LogP contribution in [0, 0.1) is 0 Å². The predicted molar refractivity (Wildman–Crippen MR) is 98.4 cm³/mol. The first-order chi connectivity index (χ1) is 11.5. The molecule has 0 unspecified atom stereocenters. The zero-order valence-corrected chi connectivity index (χ0v) is 18.5. The molecule has 0 spiro atoms. The zero-order valence-electron chi connectivity index (χ0n) is 15.7. The van der Waals surface area contributed by atoms with Crippen LogP contribution in [0.5, 0.6) is 0 Å². The van der Waals surface area contributed by atoms with Gasteiger partial charge < -0.3 is 4.55 Å². The van der Waals surface area contributed by atoms with Crippen LogP contribution < -0.4 is 29.6 Å². The SMILES string of the molecule is CCCCCc1ccc2cccc(CCCCC)c2c1S(=O)(=O)[O-].[Na+]. The summed E-state index contributed by atoms with van der Waals surface area (Å²) in [6.45, 7) is 4.25. The summed E-state index contributed by atoms with van der Waals surface area (Å²) in [4.78, 5) is 0.0169. The Labute approximate surface area is 174 Å². The minimum atomic E-state index is -4.50. The first-order valence-corrected chi connectivity index (χ1v) is 10.4. The number of hydrogen-bond donors (Lipinski definition) is 0. The molecular formula is C20H27NaO3S. The van der Waals surface area contributed by atoms with Gasteiger partial charge in [0.2, 0.25) is 0 Å². The van der Waals surface area contributed by atoms with E-state index in [0.717, 1.165) is 55.9 Å². The predicted octanol–water partition coefficient (Wildman–Crippen LogP) is 2.21. The van der Waals surface area contributed by atoms with E-state index in [9.17, 15) is 13.0 Å². The molecule has 25 heavy (non-hydrogen) atoms. The summed E-state index contributed by atoms with van der Waals surface area (Å²) in [5.41, 5.74) is 1.65. The maximum atomic E-state index is 12.0. The molecule has 0 aliphatic rings. The van der Waals surface area contributed by atoms with Gasteiger partial charge in [-0.15, -0.1) is 0 Å². The topological polar surface area (TPSA) is 57.2 Å². The minimum Gasteiger partial charge on any atom is -0.744 e. The molecule has 0 radical (unpaired) electrons. The molecule has 3 nitrogen and oxygen atoms in total. The van der Waals surface area contributed by atoms with Crippen LogP contribution in [0.1, 0.15) is 63.5 Å². The van der Waals surface area contributed by atoms with E-state index in [1.165, 1.54) is 0 Å². The van der Waals surface area contributed by atoms with Gasteiger partial charge in [-0.25, -0.2) is 8.42 Å². The number of aryl methyl sites for hydroxylation is 2. The number of hydrogen-bond acceptors (Lipinski definition) is 3. The normalized spacial score (nSPS) is 11.5. The number of unbranched alkanes of at least 4 members (excludes halogenated alkanes) is 4. The van der Waals surface area contributed by atoms with Crippen LogP contribution in [0.2, 0.25) is 0 Å². The van der Waals surface area contributed by atoms with Crippen LogP contribution in [0.3, 0.4) is 0 Å². The molecule has 0 amide bonds. The molecule has 2 rings (SSSR count). The first-order valence-electron chi connectivity index (χ1n) is 8.98. The Morgan fingerprint density at radius 2 is 1.44 bits per heavy atom. The molecular weight excluding hydrogens is 343 g/mol. The van der Waals surface area contributed by atoms with E-state index in [0.29, 0.717) is 17.4 Å². The van der Waals surface area contributed by atoms with Crippen molar-refractivity contribution in [1.29, 1.82) is 0 Å². The molecule has 2 aromatic carbocycles. The Hall–Kier alpha value is -0.390. The van der Waals surface area contributed by atoms with E-state index < -0.39 is 10.1 Å². The monoisotopic (exact) mass is 370 g/mol. The Kier molecular flexibility index (Phi) is 9.68. The molecule has 0 N–H and O–H groups in total. The summed E-state index contributed by atoms with van der Waals surface area (Å²) >= 11 is 0. The molecule has 0 saturated heterocycles. The van der Waals surface area contributed by atoms with Crippen molar-refractivity contribution >= 4 is 20.9 Å². The second-order valence-electron chi connectivity index (χ2n) is 6.44. The Balaban J connectivity index is 0.00000312. The van der Waals surface area contributed by atoms with Crippen molar-refractivity contribution in [1.82, 2.24) is 0 Å². The third-order valence-electron chi connectivity index (χ3n) is 4.52. The number of fused-ring (bicyclic) bond motifs is 1. The van der Waals surface area contributed by atoms with Crippen molar-refractivity contribution in [3.63, 3.8) is 0 Å². The average molecular weight is 370 g/mol. The third-order valence-corrected chi connectivity index (χ3v) is 5.48. The van der Waals surface area contributed by atoms with E-state index in [4.69, 9.17) is 0 Å². The largest absolute Gasteiger partial charge is 1.00 e. The summed E-state index contributed by atoms with van der Waals surface area (Å²) in [6, 6.07) is 9.57. The molecule has 0 fully saturated rings. The van der Waals surface area contributed by atoms with Crippen LogP contribution in [-0.2, 0) is 23.0 Å². The second-order valence-corrected chi connectivity index (χ2v) is 7.75. The molecule has 132 valence electrons. The fraction of sp³-hybridized carbons (Fsp3) is 0.500. The van der Waals surface area contributed by atoms with Gasteiger partial charge in [-0.3, -0.25) is 0 Å². The van der Waals surface area contributed by atoms with Gasteiger partial charge in [0.1, 0.15) is 10.1 Å². The molecule has 0 atom stereocenters. The van der Waals surface area contributed by atoms with Crippen molar-refractivity contribution < 1.29 is 42.5 Å².